The van der Waals surface area contributed by atoms with Crippen LogP contribution in [0.15, 0.2) is 59.7 Å². The highest BCUT2D eigenvalue weighted by Crippen LogP contribution is 2.26. The summed E-state index contributed by atoms with van der Waals surface area (Å²) < 4.78 is 45.9. The molecule has 0 aliphatic carbocycles. The quantitative estimate of drug-likeness (QED) is 0.508. The predicted octanol–water partition coefficient (Wildman–Crippen LogP) is 2.79. The molecule has 186 valence electrons. The normalized spacial score (nSPS) is 14.3. The van der Waals surface area contributed by atoms with Crippen LogP contribution in [0.3, 0.4) is 0 Å². The van der Waals surface area contributed by atoms with Crippen LogP contribution in [0.1, 0.15) is 5.56 Å². The first-order valence-electron chi connectivity index (χ1n) is 10.3. The molecule has 3 rings (SSSR count). The molecule has 0 spiro atoms. The van der Waals surface area contributed by atoms with Gasteiger partial charge in [0.25, 0.3) is 5.91 Å². The van der Waals surface area contributed by atoms with E-state index in [0.29, 0.717) is 10.6 Å². The molecule has 1 aliphatic heterocycles. The van der Waals surface area contributed by atoms with Gasteiger partial charge >= 0.3 is 18.5 Å². The van der Waals surface area contributed by atoms with Crippen molar-refractivity contribution in [1.29, 1.82) is 0 Å². The molecule has 1 aliphatic rings. The van der Waals surface area contributed by atoms with Gasteiger partial charge in [-0.15, -0.1) is 13.2 Å². The van der Waals surface area contributed by atoms with Crippen molar-refractivity contribution >= 4 is 29.4 Å². The molecule has 4 amide bonds. The summed E-state index contributed by atoms with van der Waals surface area (Å²) in [7, 11) is 1.26. The number of anilines is 1. The van der Waals surface area contributed by atoms with Gasteiger partial charge in [-0.2, -0.15) is 10.1 Å². The van der Waals surface area contributed by atoms with E-state index >= 15 is 0 Å². The van der Waals surface area contributed by atoms with E-state index < -0.39 is 30.1 Å². The summed E-state index contributed by atoms with van der Waals surface area (Å²) in [6.45, 7) is 0.862. The Bertz CT molecular complexity index is 1080. The number of carbonyl (C=O) groups is 3. The lowest BCUT2D eigenvalue weighted by Crippen LogP contribution is -2.52. The van der Waals surface area contributed by atoms with Gasteiger partial charge in [-0.1, -0.05) is 30.3 Å². The van der Waals surface area contributed by atoms with Gasteiger partial charge in [0.2, 0.25) is 0 Å². The molecule has 13 heteroatoms. The summed E-state index contributed by atoms with van der Waals surface area (Å²) >= 11 is 0. The lowest BCUT2D eigenvalue weighted by atomic mass is 10.1. The smallest absolute Gasteiger partial charge is 0.453 e. The van der Waals surface area contributed by atoms with E-state index in [4.69, 9.17) is 10.5 Å². The summed E-state index contributed by atoms with van der Waals surface area (Å²) in [5.74, 6) is -1.03. The fourth-order valence-electron chi connectivity index (χ4n) is 3.31. The molecule has 2 aromatic carbocycles. The summed E-state index contributed by atoms with van der Waals surface area (Å²) in [5.41, 5.74) is 5.75. The number of hydrogen-bond donors (Lipinski definition) is 1. The van der Waals surface area contributed by atoms with Crippen LogP contribution >= 0.6 is 0 Å². The molecule has 0 bridgehead atoms. The number of ether oxygens (including phenoxy) is 2. The Labute approximate surface area is 198 Å². The van der Waals surface area contributed by atoms with Gasteiger partial charge in [-0.05, 0) is 24.3 Å². The Balaban J connectivity index is 1.91. The molecular formula is C22H22F3N5O5. The average molecular weight is 493 g/mol. The highest BCUT2D eigenvalue weighted by Gasteiger charge is 2.31. The molecule has 35 heavy (non-hydrogen) atoms. The van der Waals surface area contributed by atoms with Gasteiger partial charge in [0, 0.05) is 31.7 Å². The van der Waals surface area contributed by atoms with Crippen LogP contribution in [-0.4, -0.2) is 73.2 Å². The first-order valence-corrected chi connectivity index (χ1v) is 10.3. The number of amides is 4. The molecular weight excluding hydrogens is 471 g/mol. The molecule has 0 radical (unpaired) electrons. The maximum Gasteiger partial charge on any atom is 0.573 e. The largest absolute Gasteiger partial charge is 0.573 e. The minimum Gasteiger partial charge on any atom is -0.453 e. The second-order valence-corrected chi connectivity index (χ2v) is 7.26. The molecule has 2 aromatic rings. The summed E-state index contributed by atoms with van der Waals surface area (Å²) in [6, 6.07) is 11.5. The Morgan fingerprint density at radius 1 is 0.943 bits per heavy atom. The minimum atomic E-state index is -4.88. The first kappa shape index (κ1) is 25.3. The Hall–Kier alpha value is -4.29. The molecule has 0 aromatic heterocycles. The molecule has 0 atom stereocenters. The van der Waals surface area contributed by atoms with E-state index in [9.17, 15) is 27.6 Å². The van der Waals surface area contributed by atoms with E-state index in [0.717, 1.165) is 24.3 Å². The lowest BCUT2D eigenvalue weighted by Gasteiger charge is -2.34. The maximum atomic E-state index is 13.4. The second-order valence-electron chi connectivity index (χ2n) is 7.26. The Kier molecular flexibility index (Phi) is 7.79. The average Bonchev–Trinajstić information content (AvgIpc) is 2.84. The molecule has 0 saturated carbocycles. The summed E-state index contributed by atoms with van der Waals surface area (Å²) in [6.07, 6.45) is -5.39. The standard InChI is InChI=1S/C22H22F3N5O5/c1-34-21(33)29-13-11-28(12-14-29)19(31)18(15-5-3-2-4-6-15)27-30(20(26)32)16-7-9-17(10-8-16)35-22(23,24)25/h2-10H,11-14H2,1H3,(H2,26,32)/b27-18+. The minimum absolute atomic E-state index is 0.0174. The number of nitrogens with two attached hydrogens (primary N) is 1. The van der Waals surface area contributed by atoms with Crippen molar-refractivity contribution < 1.29 is 37.0 Å². The second kappa shape index (κ2) is 10.8. The highest BCUT2D eigenvalue weighted by atomic mass is 19.4. The zero-order chi connectivity index (χ0) is 25.6. The van der Waals surface area contributed by atoms with Gasteiger partial charge in [0.15, 0.2) is 5.71 Å². The topological polar surface area (TPSA) is 118 Å². The van der Waals surface area contributed by atoms with Crippen LogP contribution in [0, 0.1) is 0 Å². The van der Waals surface area contributed by atoms with Crippen molar-refractivity contribution in [2.75, 3.05) is 38.3 Å². The van der Waals surface area contributed by atoms with Crippen LogP contribution in [0.25, 0.3) is 0 Å². The zero-order valence-electron chi connectivity index (χ0n) is 18.6. The molecule has 2 N–H and O–H groups in total. The van der Waals surface area contributed by atoms with Crippen molar-refractivity contribution in [2.24, 2.45) is 10.8 Å². The van der Waals surface area contributed by atoms with E-state index in [-0.39, 0.29) is 37.6 Å². The molecule has 1 fully saturated rings. The van der Waals surface area contributed by atoms with Crippen molar-refractivity contribution in [1.82, 2.24) is 9.80 Å². The van der Waals surface area contributed by atoms with E-state index in [1.54, 1.807) is 30.3 Å². The predicted molar refractivity (Wildman–Crippen MR) is 119 cm³/mol. The van der Waals surface area contributed by atoms with E-state index in [1.807, 2.05) is 0 Å². The fourth-order valence-corrected chi connectivity index (χ4v) is 3.31. The van der Waals surface area contributed by atoms with Gasteiger partial charge in [0.05, 0.1) is 12.8 Å². The first-order chi connectivity index (χ1) is 16.6. The number of methoxy groups -OCH3 is 1. The molecule has 1 saturated heterocycles. The fraction of sp³-hybridized carbons (Fsp3) is 0.273. The third kappa shape index (κ3) is 6.62. The maximum absolute atomic E-state index is 13.4. The van der Waals surface area contributed by atoms with Gasteiger partial charge < -0.3 is 25.0 Å². The van der Waals surface area contributed by atoms with Crippen LogP contribution in [0.2, 0.25) is 0 Å². The molecule has 10 nitrogen and oxygen atoms in total. The van der Waals surface area contributed by atoms with Crippen molar-refractivity contribution in [3.63, 3.8) is 0 Å². The van der Waals surface area contributed by atoms with Crippen LogP contribution in [-0.2, 0) is 9.53 Å². The van der Waals surface area contributed by atoms with Crippen LogP contribution in [0.5, 0.6) is 5.75 Å². The molecule has 0 unspecified atom stereocenters. The third-order valence-electron chi connectivity index (χ3n) is 4.97. The third-order valence-corrected chi connectivity index (χ3v) is 4.97. The lowest BCUT2D eigenvalue weighted by molar-refractivity contribution is -0.274. The number of hydrogen-bond acceptors (Lipinski definition) is 6. The number of halogens is 3. The van der Waals surface area contributed by atoms with Gasteiger partial charge in [-0.25, -0.2) is 9.59 Å². The van der Waals surface area contributed by atoms with Gasteiger partial charge in [0.1, 0.15) is 5.75 Å². The Morgan fingerprint density at radius 3 is 2.03 bits per heavy atom. The number of hydrazone groups is 1. The number of urea groups is 1. The Morgan fingerprint density at radius 2 is 1.51 bits per heavy atom. The van der Waals surface area contributed by atoms with E-state index in [2.05, 4.69) is 9.84 Å². The van der Waals surface area contributed by atoms with Crippen molar-refractivity contribution in [3.05, 3.63) is 60.2 Å². The van der Waals surface area contributed by atoms with E-state index in [1.165, 1.54) is 16.9 Å². The van der Waals surface area contributed by atoms with Crippen LogP contribution < -0.4 is 15.5 Å². The zero-order valence-corrected chi connectivity index (χ0v) is 18.6. The number of alkyl halides is 3. The van der Waals surface area contributed by atoms with Crippen LogP contribution in [0.4, 0.5) is 28.4 Å². The number of benzene rings is 2. The van der Waals surface area contributed by atoms with Gasteiger partial charge in [-0.3, -0.25) is 4.79 Å². The molecule has 1 heterocycles. The SMILES string of the molecule is COC(=O)N1CCN(C(=O)/C(=N/N(C(N)=O)c2ccc(OC(F)(F)F)cc2)c2ccccc2)CC1. The number of primary amides is 1. The number of carbonyl (C=O) groups excluding carboxylic acids is 3. The van der Waals surface area contributed by atoms with Crippen molar-refractivity contribution in [3.8, 4) is 5.75 Å². The highest BCUT2D eigenvalue weighted by molar-refractivity contribution is 6.45. The monoisotopic (exact) mass is 493 g/mol. The van der Waals surface area contributed by atoms with Crippen molar-refractivity contribution in [2.45, 2.75) is 6.36 Å². The summed E-state index contributed by atoms with van der Waals surface area (Å²) in [5, 5.41) is 4.89. The number of rotatable bonds is 5. The number of nitrogens with zero attached hydrogens (tertiary/aromatic N) is 4. The summed E-state index contributed by atoms with van der Waals surface area (Å²) in [4.78, 5) is 40.2. The number of piperazine rings is 1.